The third-order valence-electron chi connectivity index (χ3n) is 3.43. The minimum Gasteiger partial charge on any atom is -0.318 e. The number of hydrogen-bond acceptors (Lipinski definition) is 2. The van der Waals surface area contributed by atoms with Gasteiger partial charge in [-0.25, -0.2) is 0 Å². The third kappa shape index (κ3) is 2.44. The van der Waals surface area contributed by atoms with E-state index in [2.05, 4.69) is 56.2 Å². The fraction of sp³-hybridized carbons (Fsp3) is 0.571. The highest BCUT2D eigenvalue weighted by atomic mass is 32.2. The number of rotatable bonds is 4. The Labute approximate surface area is 103 Å². The highest BCUT2D eigenvalue weighted by Crippen LogP contribution is 2.48. The first-order valence-corrected chi connectivity index (χ1v) is 6.88. The molecule has 16 heavy (non-hydrogen) atoms. The summed E-state index contributed by atoms with van der Waals surface area (Å²) >= 11 is 2.08. The molecule has 0 unspecified atom stereocenters. The van der Waals surface area contributed by atoms with Crippen LogP contribution in [0, 0.1) is 13.8 Å². The summed E-state index contributed by atoms with van der Waals surface area (Å²) in [6.07, 6.45) is 4.09. The molecule has 1 aliphatic carbocycles. The molecule has 0 bridgehead atoms. The van der Waals surface area contributed by atoms with Gasteiger partial charge in [-0.2, -0.15) is 0 Å². The predicted molar refractivity (Wildman–Crippen MR) is 72.3 cm³/mol. The Bertz CT molecular complexity index is 369. The van der Waals surface area contributed by atoms with Gasteiger partial charge in [0.25, 0.3) is 0 Å². The van der Waals surface area contributed by atoms with E-state index in [1.165, 1.54) is 35.3 Å². The van der Waals surface area contributed by atoms with Crippen LogP contribution in [0.3, 0.4) is 0 Å². The van der Waals surface area contributed by atoms with Crippen LogP contribution in [0.2, 0.25) is 0 Å². The van der Waals surface area contributed by atoms with Crippen molar-refractivity contribution in [2.45, 2.75) is 42.8 Å². The van der Waals surface area contributed by atoms with Crippen LogP contribution in [0.25, 0.3) is 0 Å². The van der Waals surface area contributed by atoms with Gasteiger partial charge in [0.15, 0.2) is 0 Å². The van der Waals surface area contributed by atoms with Crippen LogP contribution in [0.5, 0.6) is 0 Å². The van der Waals surface area contributed by atoms with Crippen molar-refractivity contribution in [3.63, 3.8) is 0 Å². The lowest BCUT2D eigenvalue weighted by Gasteiger charge is -2.41. The monoisotopic (exact) mass is 235 g/mol. The van der Waals surface area contributed by atoms with Crippen LogP contribution in [-0.2, 0) is 0 Å². The molecule has 2 rings (SSSR count). The van der Waals surface area contributed by atoms with Crippen LogP contribution < -0.4 is 5.32 Å². The van der Waals surface area contributed by atoms with Gasteiger partial charge >= 0.3 is 0 Å². The standard InChI is InChI=1S/C14H21NS/c1-11-5-6-12(2)13(9-11)16-14(10-15-3)7-4-8-14/h5-6,9,15H,4,7-8,10H2,1-3H3. The Balaban J connectivity index is 2.15. The smallest absolute Gasteiger partial charge is 0.0331 e. The van der Waals surface area contributed by atoms with Crippen LogP contribution in [0.15, 0.2) is 23.1 Å². The summed E-state index contributed by atoms with van der Waals surface area (Å²) in [7, 11) is 2.06. The molecular formula is C14H21NS. The van der Waals surface area contributed by atoms with Gasteiger partial charge in [-0.3, -0.25) is 0 Å². The quantitative estimate of drug-likeness (QED) is 0.856. The van der Waals surface area contributed by atoms with E-state index in [9.17, 15) is 0 Å². The molecule has 1 aromatic carbocycles. The zero-order valence-electron chi connectivity index (χ0n) is 10.5. The Hall–Kier alpha value is -0.470. The molecule has 1 fully saturated rings. The Morgan fingerprint density at radius 3 is 2.62 bits per heavy atom. The zero-order chi connectivity index (χ0) is 11.6. The summed E-state index contributed by atoms with van der Waals surface area (Å²) < 4.78 is 0.466. The summed E-state index contributed by atoms with van der Waals surface area (Å²) in [6.45, 7) is 5.52. The predicted octanol–water partition coefficient (Wildman–Crippen LogP) is 3.54. The van der Waals surface area contributed by atoms with Gasteiger partial charge in [-0.05, 0) is 45.4 Å². The summed E-state index contributed by atoms with van der Waals surface area (Å²) in [5.74, 6) is 0. The van der Waals surface area contributed by atoms with Crippen LogP contribution in [0.4, 0.5) is 0 Å². The van der Waals surface area contributed by atoms with Gasteiger partial charge in [0.1, 0.15) is 0 Å². The second-order valence-electron chi connectivity index (χ2n) is 4.94. The molecule has 0 aliphatic heterocycles. The fourth-order valence-corrected chi connectivity index (χ4v) is 3.91. The maximum absolute atomic E-state index is 3.34. The summed E-state index contributed by atoms with van der Waals surface area (Å²) in [5.41, 5.74) is 2.78. The van der Waals surface area contributed by atoms with Gasteiger partial charge in [0, 0.05) is 16.2 Å². The molecule has 0 heterocycles. The van der Waals surface area contributed by atoms with Crippen molar-refractivity contribution >= 4 is 11.8 Å². The van der Waals surface area contributed by atoms with E-state index in [-0.39, 0.29) is 0 Å². The third-order valence-corrected chi connectivity index (χ3v) is 5.08. The number of nitrogens with one attached hydrogen (secondary N) is 1. The van der Waals surface area contributed by atoms with Gasteiger partial charge in [-0.1, -0.05) is 24.1 Å². The summed E-state index contributed by atoms with van der Waals surface area (Å²) in [4.78, 5) is 1.47. The average Bonchev–Trinajstić information content (AvgIpc) is 2.20. The number of thioether (sulfide) groups is 1. The SMILES string of the molecule is CNCC1(Sc2cc(C)ccc2C)CCC1. The first kappa shape index (κ1) is 12.0. The van der Waals surface area contributed by atoms with E-state index in [1.807, 2.05) is 0 Å². The molecule has 0 saturated heterocycles. The molecule has 0 amide bonds. The molecule has 88 valence electrons. The molecule has 0 spiro atoms. The molecule has 1 nitrogen and oxygen atoms in total. The largest absolute Gasteiger partial charge is 0.318 e. The number of benzene rings is 1. The van der Waals surface area contributed by atoms with Crippen LogP contribution in [0.1, 0.15) is 30.4 Å². The van der Waals surface area contributed by atoms with Crippen molar-refractivity contribution in [3.8, 4) is 0 Å². The lowest BCUT2D eigenvalue weighted by atomic mass is 9.84. The van der Waals surface area contributed by atoms with E-state index in [0.29, 0.717) is 4.75 Å². The van der Waals surface area contributed by atoms with Gasteiger partial charge in [0.05, 0.1) is 0 Å². The molecule has 0 aromatic heterocycles. The fourth-order valence-electron chi connectivity index (χ4n) is 2.26. The lowest BCUT2D eigenvalue weighted by Crippen LogP contribution is -2.42. The molecule has 1 saturated carbocycles. The highest BCUT2D eigenvalue weighted by Gasteiger charge is 2.37. The van der Waals surface area contributed by atoms with Crippen molar-refractivity contribution < 1.29 is 0 Å². The Kier molecular flexibility index (Phi) is 3.60. The van der Waals surface area contributed by atoms with Crippen molar-refractivity contribution in [1.29, 1.82) is 0 Å². The maximum Gasteiger partial charge on any atom is 0.0331 e. The number of hydrogen-bond donors (Lipinski definition) is 1. The molecule has 2 heteroatoms. The van der Waals surface area contributed by atoms with Gasteiger partial charge < -0.3 is 5.32 Å². The highest BCUT2D eigenvalue weighted by molar-refractivity contribution is 8.00. The van der Waals surface area contributed by atoms with Crippen LogP contribution >= 0.6 is 11.8 Å². The van der Waals surface area contributed by atoms with E-state index in [1.54, 1.807) is 0 Å². The molecule has 1 N–H and O–H groups in total. The minimum absolute atomic E-state index is 0.466. The van der Waals surface area contributed by atoms with Crippen molar-refractivity contribution in [2.75, 3.05) is 13.6 Å². The lowest BCUT2D eigenvalue weighted by molar-refractivity contribution is 0.353. The van der Waals surface area contributed by atoms with Crippen molar-refractivity contribution in [1.82, 2.24) is 5.32 Å². The number of aryl methyl sites for hydroxylation is 2. The first-order chi connectivity index (χ1) is 7.65. The van der Waals surface area contributed by atoms with E-state index >= 15 is 0 Å². The minimum atomic E-state index is 0.466. The van der Waals surface area contributed by atoms with Crippen molar-refractivity contribution in [3.05, 3.63) is 29.3 Å². The summed E-state index contributed by atoms with van der Waals surface area (Å²) in [5, 5.41) is 3.34. The van der Waals surface area contributed by atoms with Crippen molar-refractivity contribution in [2.24, 2.45) is 0 Å². The second kappa shape index (κ2) is 4.80. The average molecular weight is 235 g/mol. The molecule has 1 aromatic rings. The maximum atomic E-state index is 3.34. The normalized spacial score (nSPS) is 18.2. The van der Waals surface area contributed by atoms with Crippen LogP contribution in [-0.4, -0.2) is 18.3 Å². The van der Waals surface area contributed by atoms with E-state index < -0.39 is 0 Å². The molecule has 0 atom stereocenters. The van der Waals surface area contributed by atoms with Gasteiger partial charge in [0.2, 0.25) is 0 Å². The Morgan fingerprint density at radius 2 is 2.06 bits per heavy atom. The molecule has 0 radical (unpaired) electrons. The summed E-state index contributed by atoms with van der Waals surface area (Å²) in [6, 6.07) is 6.77. The second-order valence-corrected chi connectivity index (χ2v) is 6.45. The first-order valence-electron chi connectivity index (χ1n) is 6.06. The Morgan fingerprint density at radius 1 is 1.31 bits per heavy atom. The molecule has 1 aliphatic rings. The van der Waals surface area contributed by atoms with E-state index in [0.717, 1.165) is 6.54 Å². The van der Waals surface area contributed by atoms with E-state index in [4.69, 9.17) is 0 Å². The topological polar surface area (TPSA) is 12.0 Å². The van der Waals surface area contributed by atoms with Gasteiger partial charge in [-0.15, -0.1) is 11.8 Å². The zero-order valence-corrected chi connectivity index (χ0v) is 11.3. The molecular weight excluding hydrogens is 214 g/mol.